The molecular weight excluding hydrogens is 242 g/mol. The predicted octanol–water partition coefficient (Wildman–Crippen LogP) is 0.221. The molecule has 0 amide bonds. The number of fused-ring (bicyclic) bond motifs is 1. The van der Waals surface area contributed by atoms with Crippen LogP contribution in [0, 0.1) is 0 Å². The van der Waals surface area contributed by atoms with Crippen molar-refractivity contribution in [1.29, 1.82) is 0 Å². The lowest BCUT2D eigenvalue weighted by molar-refractivity contribution is 0.0242. The largest absolute Gasteiger partial charge is 0.418 e. The van der Waals surface area contributed by atoms with Crippen molar-refractivity contribution in [2.75, 3.05) is 6.54 Å². The van der Waals surface area contributed by atoms with E-state index in [9.17, 15) is 15.0 Å². The molecule has 0 aliphatic carbocycles. The Labute approximate surface area is 99.3 Å². The summed E-state index contributed by atoms with van der Waals surface area (Å²) in [6.07, 6.45) is -1.25. The molecule has 0 saturated carbocycles. The second-order valence-corrected chi connectivity index (χ2v) is 3.56. The highest BCUT2D eigenvalue weighted by Gasteiger charge is 2.19. The van der Waals surface area contributed by atoms with Gasteiger partial charge in [0.25, 0.3) is 0 Å². The van der Waals surface area contributed by atoms with Gasteiger partial charge in [0.1, 0.15) is 6.10 Å². The highest BCUT2D eigenvalue weighted by atomic mass is 16.4. The van der Waals surface area contributed by atoms with Crippen molar-refractivity contribution < 1.29 is 14.6 Å². The zero-order valence-corrected chi connectivity index (χ0v) is 9.02. The van der Waals surface area contributed by atoms with Gasteiger partial charge < -0.3 is 14.6 Å². The summed E-state index contributed by atoms with van der Waals surface area (Å²) < 4.78 is 4.77. The molecular formula is C9H9N5O4. The van der Waals surface area contributed by atoms with Crippen molar-refractivity contribution in [3.8, 4) is 0 Å². The Morgan fingerprint density at radius 2 is 2.39 bits per heavy atom. The summed E-state index contributed by atoms with van der Waals surface area (Å²) in [5, 5.41) is 22.5. The normalized spacial score (nSPS) is 14.1. The van der Waals surface area contributed by atoms with Gasteiger partial charge >= 0.3 is 5.76 Å². The van der Waals surface area contributed by atoms with Gasteiger partial charge in [-0.25, -0.2) is 9.78 Å². The van der Waals surface area contributed by atoms with Gasteiger partial charge in [0.05, 0.1) is 12.6 Å². The number of nitrogens with one attached hydrogen (secondary N) is 1. The molecule has 0 spiro atoms. The average Bonchev–Trinajstić information content (AvgIpc) is 2.73. The van der Waals surface area contributed by atoms with E-state index in [4.69, 9.17) is 9.95 Å². The summed E-state index contributed by atoms with van der Waals surface area (Å²) in [5.74, 6) is -0.654. The van der Waals surface area contributed by atoms with Crippen molar-refractivity contribution >= 4 is 11.2 Å². The van der Waals surface area contributed by atoms with Crippen LogP contribution in [-0.4, -0.2) is 32.8 Å². The second-order valence-electron chi connectivity index (χ2n) is 3.56. The molecule has 2 aromatic heterocycles. The van der Waals surface area contributed by atoms with E-state index < -0.39 is 18.0 Å². The molecule has 0 radical (unpaired) electrons. The van der Waals surface area contributed by atoms with E-state index in [1.54, 1.807) is 0 Å². The molecule has 2 rings (SSSR count). The molecule has 2 aromatic rings. The fourth-order valence-corrected chi connectivity index (χ4v) is 1.46. The molecule has 9 heteroatoms. The first-order chi connectivity index (χ1) is 8.61. The molecule has 0 aromatic carbocycles. The number of nitrogens with zero attached hydrogens (tertiary/aromatic N) is 4. The van der Waals surface area contributed by atoms with Crippen LogP contribution in [0.5, 0.6) is 0 Å². The molecule has 0 aliphatic rings. The molecule has 2 atom stereocenters. The van der Waals surface area contributed by atoms with E-state index in [1.165, 1.54) is 12.3 Å². The maximum atomic E-state index is 10.9. The third kappa shape index (κ3) is 2.33. The fourth-order valence-electron chi connectivity index (χ4n) is 1.46. The fraction of sp³-hybridized carbons (Fsp3) is 0.333. The van der Waals surface area contributed by atoms with Gasteiger partial charge in [0.15, 0.2) is 11.2 Å². The summed E-state index contributed by atoms with van der Waals surface area (Å²) in [7, 11) is 0. The number of hydrogen-bond donors (Lipinski definition) is 3. The maximum Gasteiger partial charge on any atom is 0.418 e. The van der Waals surface area contributed by atoms with Crippen LogP contribution in [0.25, 0.3) is 21.7 Å². The number of aliphatic hydroxyl groups excluding tert-OH is 2. The number of aromatic amines is 1. The average molecular weight is 251 g/mol. The van der Waals surface area contributed by atoms with E-state index >= 15 is 0 Å². The molecule has 3 N–H and O–H groups in total. The first-order valence-corrected chi connectivity index (χ1v) is 4.97. The smallest absolute Gasteiger partial charge is 0.406 e. The van der Waals surface area contributed by atoms with Gasteiger partial charge in [-0.05, 0) is 11.6 Å². The standard InChI is InChI=1S/C9H9N5O4/c10-14-12-3-5(15)7(16)4-1-6-8(11-2-4)13-9(17)18-6/h1-2,5,7,15-16H,3H2,(H,11,13,17). The number of H-pyrrole nitrogens is 1. The molecule has 0 fully saturated rings. The van der Waals surface area contributed by atoms with Gasteiger partial charge in [-0.15, -0.1) is 0 Å². The number of rotatable bonds is 4. The quantitative estimate of drug-likeness (QED) is 0.403. The van der Waals surface area contributed by atoms with Crippen LogP contribution >= 0.6 is 0 Å². The van der Waals surface area contributed by atoms with Crippen LogP contribution in [0.3, 0.4) is 0 Å². The monoisotopic (exact) mass is 251 g/mol. The highest BCUT2D eigenvalue weighted by molar-refractivity contribution is 5.67. The SMILES string of the molecule is [N-]=[N+]=NCC(O)C(O)c1cnc2[nH]c(=O)oc2c1. The Balaban J connectivity index is 2.29. The van der Waals surface area contributed by atoms with E-state index in [-0.39, 0.29) is 23.3 Å². The minimum Gasteiger partial charge on any atom is -0.406 e. The number of oxazole rings is 1. The summed E-state index contributed by atoms with van der Waals surface area (Å²) in [4.78, 5) is 19.6. The molecule has 9 nitrogen and oxygen atoms in total. The molecule has 18 heavy (non-hydrogen) atoms. The van der Waals surface area contributed by atoms with Gasteiger partial charge in [0, 0.05) is 16.7 Å². The van der Waals surface area contributed by atoms with Gasteiger partial charge in [-0.1, -0.05) is 5.11 Å². The van der Waals surface area contributed by atoms with Crippen molar-refractivity contribution in [2.45, 2.75) is 12.2 Å². The molecule has 0 saturated heterocycles. The molecule has 0 aliphatic heterocycles. The van der Waals surface area contributed by atoms with Crippen molar-refractivity contribution in [3.05, 3.63) is 38.8 Å². The van der Waals surface area contributed by atoms with Gasteiger partial charge in [-0.2, -0.15) is 0 Å². The number of pyridine rings is 1. The molecule has 94 valence electrons. The number of aliphatic hydroxyl groups is 2. The topological polar surface area (TPSA) is 148 Å². The summed E-state index contributed by atoms with van der Waals surface area (Å²) >= 11 is 0. The Hall–Kier alpha value is -2.35. The minimum absolute atomic E-state index is 0.174. The number of azide groups is 1. The predicted molar refractivity (Wildman–Crippen MR) is 59.6 cm³/mol. The van der Waals surface area contributed by atoms with Crippen LogP contribution in [0.15, 0.2) is 26.6 Å². The maximum absolute atomic E-state index is 10.9. The van der Waals surface area contributed by atoms with Gasteiger partial charge in [0.2, 0.25) is 0 Å². The summed E-state index contributed by atoms with van der Waals surface area (Å²) in [5.41, 5.74) is 8.79. The summed E-state index contributed by atoms with van der Waals surface area (Å²) in [6, 6.07) is 1.38. The van der Waals surface area contributed by atoms with Crippen LogP contribution in [0.2, 0.25) is 0 Å². The Kier molecular flexibility index (Phi) is 3.28. The third-order valence-corrected chi connectivity index (χ3v) is 2.33. The lowest BCUT2D eigenvalue weighted by Crippen LogP contribution is -2.21. The van der Waals surface area contributed by atoms with E-state index in [0.717, 1.165) is 0 Å². The van der Waals surface area contributed by atoms with Crippen LogP contribution < -0.4 is 5.76 Å². The third-order valence-electron chi connectivity index (χ3n) is 2.33. The Morgan fingerprint density at radius 1 is 1.61 bits per heavy atom. The lowest BCUT2D eigenvalue weighted by atomic mass is 10.1. The van der Waals surface area contributed by atoms with Crippen molar-refractivity contribution in [1.82, 2.24) is 9.97 Å². The zero-order valence-electron chi connectivity index (χ0n) is 9.02. The zero-order chi connectivity index (χ0) is 13.1. The van der Waals surface area contributed by atoms with E-state index in [1.807, 2.05) is 0 Å². The van der Waals surface area contributed by atoms with E-state index in [2.05, 4.69) is 20.0 Å². The number of aromatic nitrogens is 2. The Bertz CT molecular complexity index is 656. The Morgan fingerprint density at radius 3 is 3.11 bits per heavy atom. The minimum atomic E-state index is -1.28. The van der Waals surface area contributed by atoms with Gasteiger partial charge in [-0.3, -0.25) is 4.98 Å². The van der Waals surface area contributed by atoms with Crippen molar-refractivity contribution in [3.63, 3.8) is 0 Å². The highest BCUT2D eigenvalue weighted by Crippen LogP contribution is 2.19. The molecule has 2 unspecified atom stereocenters. The first-order valence-electron chi connectivity index (χ1n) is 4.97. The first kappa shape index (κ1) is 12.1. The van der Waals surface area contributed by atoms with Crippen LogP contribution in [0.4, 0.5) is 0 Å². The lowest BCUT2D eigenvalue weighted by Gasteiger charge is -2.15. The summed E-state index contributed by atoms with van der Waals surface area (Å²) in [6.45, 7) is -0.271. The van der Waals surface area contributed by atoms with Crippen LogP contribution in [-0.2, 0) is 0 Å². The van der Waals surface area contributed by atoms with Crippen LogP contribution in [0.1, 0.15) is 11.7 Å². The molecule has 0 bridgehead atoms. The number of hydrogen-bond acceptors (Lipinski definition) is 6. The second kappa shape index (κ2) is 4.88. The molecule has 2 heterocycles. The van der Waals surface area contributed by atoms with E-state index in [0.29, 0.717) is 0 Å². The van der Waals surface area contributed by atoms with Crippen molar-refractivity contribution in [2.24, 2.45) is 5.11 Å².